The number of nitrogens with zero attached hydrogens (tertiary/aromatic N) is 1. The zero-order valence-corrected chi connectivity index (χ0v) is 17.3. The Balaban J connectivity index is 1.75. The molecule has 2 aromatic rings. The number of carbonyl (C=O) groups excluding carboxylic acids is 2. The van der Waals surface area contributed by atoms with Gasteiger partial charge in [0.05, 0.1) is 17.7 Å². The summed E-state index contributed by atoms with van der Waals surface area (Å²) < 4.78 is 0. The fourth-order valence-corrected chi connectivity index (χ4v) is 4.14. The van der Waals surface area contributed by atoms with Gasteiger partial charge in [0.25, 0.3) is 5.91 Å². The second kappa shape index (κ2) is 8.59. The van der Waals surface area contributed by atoms with E-state index in [-0.39, 0.29) is 11.8 Å². The molecule has 4 nitrogen and oxygen atoms in total. The van der Waals surface area contributed by atoms with Crippen LogP contribution in [0, 0.1) is 25.7 Å². The molecule has 2 aromatic carbocycles. The summed E-state index contributed by atoms with van der Waals surface area (Å²) in [6, 6.07) is 13.4. The van der Waals surface area contributed by atoms with Crippen molar-refractivity contribution in [2.45, 2.75) is 40.5 Å². The molecule has 0 bridgehead atoms. The van der Waals surface area contributed by atoms with Crippen molar-refractivity contribution in [1.82, 2.24) is 4.90 Å². The third-order valence-corrected chi connectivity index (χ3v) is 5.44. The Morgan fingerprint density at radius 3 is 2.43 bits per heavy atom. The molecule has 1 heterocycles. The highest BCUT2D eigenvalue weighted by Crippen LogP contribution is 2.25. The molecule has 28 heavy (non-hydrogen) atoms. The molecule has 1 aliphatic heterocycles. The molecular weight excluding hydrogens is 348 g/mol. The van der Waals surface area contributed by atoms with Gasteiger partial charge in [-0.05, 0) is 55.4 Å². The van der Waals surface area contributed by atoms with E-state index < -0.39 is 0 Å². The van der Waals surface area contributed by atoms with E-state index in [9.17, 15) is 9.59 Å². The third-order valence-electron chi connectivity index (χ3n) is 5.44. The van der Waals surface area contributed by atoms with E-state index in [1.807, 2.05) is 55.1 Å². The highest BCUT2D eigenvalue weighted by molar-refractivity contribution is 6.04. The average Bonchev–Trinajstić information content (AvgIpc) is 2.64. The van der Waals surface area contributed by atoms with Gasteiger partial charge in [-0.3, -0.25) is 9.59 Å². The van der Waals surface area contributed by atoms with E-state index in [1.165, 1.54) is 0 Å². The monoisotopic (exact) mass is 378 g/mol. The molecule has 1 saturated heterocycles. The van der Waals surface area contributed by atoms with Crippen molar-refractivity contribution in [2.75, 3.05) is 18.4 Å². The summed E-state index contributed by atoms with van der Waals surface area (Å²) in [5.74, 6) is 0.896. The minimum atomic E-state index is -0.102. The van der Waals surface area contributed by atoms with Crippen molar-refractivity contribution in [1.29, 1.82) is 0 Å². The first-order valence-corrected chi connectivity index (χ1v) is 10.1. The van der Waals surface area contributed by atoms with E-state index in [4.69, 9.17) is 0 Å². The minimum absolute atomic E-state index is 0.000959. The first-order chi connectivity index (χ1) is 13.3. The molecule has 1 fully saturated rings. The lowest BCUT2D eigenvalue weighted by molar-refractivity contribution is -0.115. The summed E-state index contributed by atoms with van der Waals surface area (Å²) >= 11 is 0. The van der Waals surface area contributed by atoms with Crippen LogP contribution >= 0.6 is 0 Å². The maximum absolute atomic E-state index is 13.1. The molecule has 3 rings (SSSR count). The lowest BCUT2D eigenvalue weighted by Gasteiger charge is -2.35. The number of benzene rings is 2. The van der Waals surface area contributed by atoms with Crippen LogP contribution in [0.2, 0.25) is 0 Å². The summed E-state index contributed by atoms with van der Waals surface area (Å²) in [4.78, 5) is 27.7. The van der Waals surface area contributed by atoms with Crippen LogP contribution in [0.5, 0.6) is 0 Å². The van der Waals surface area contributed by atoms with Crippen LogP contribution in [0.4, 0.5) is 5.69 Å². The third kappa shape index (κ3) is 4.80. The number of piperidine rings is 1. The SMILES string of the molecule is Cc1ccc(C)c(CC(=O)Nc2ccccc2C(=O)N2CC(C)CC(C)C2)c1. The van der Waals surface area contributed by atoms with Crippen LogP contribution in [0.25, 0.3) is 0 Å². The second-order valence-corrected chi connectivity index (χ2v) is 8.36. The van der Waals surface area contributed by atoms with E-state index in [2.05, 4.69) is 19.2 Å². The molecule has 1 N–H and O–H groups in total. The predicted octanol–water partition coefficient (Wildman–Crippen LogP) is 4.60. The van der Waals surface area contributed by atoms with Gasteiger partial charge in [-0.2, -0.15) is 0 Å². The summed E-state index contributed by atoms with van der Waals surface area (Å²) in [7, 11) is 0. The zero-order chi connectivity index (χ0) is 20.3. The second-order valence-electron chi connectivity index (χ2n) is 8.36. The fourth-order valence-electron chi connectivity index (χ4n) is 4.14. The van der Waals surface area contributed by atoms with Gasteiger partial charge in [0.1, 0.15) is 0 Å². The first kappa shape index (κ1) is 20.1. The largest absolute Gasteiger partial charge is 0.338 e. The van der Waals surface area contributed by atoms with E-state index in [0.717, 1.165) is 36.2 Å². The van der Waals surface area contributed by atoms with Crippen molar-refractivity contribution < 1.29 is 9.59 Å². The Hall–Kier alpha value is -2.62. The smallest absolute Gasteiger partial charge is 0.255 e. The Morgan fingerprint density at radius 1 is 1.04 bits per heavy atom. The van der Waals surface area contributed by atoms with Crippen LogP contribution in [0.15, 0.2) is 42.5 Å². The quantitative estimate of drug-likeness (QED) is 0.845. The Labute approximate surface area is 167 Å². The highest BCUT2D eigenvalue weighted by Gasteiger charge is 2.27. The number of nitrogens with one attached hydrogen (secondary N) is 1. The van der Waals surface area contributed by atoms with Crippen molar-refractivity contribution in [3.05, 3.63) is 64.7 Å². The fraction of sp³-hybridized carbons (Fsp3) is 0.417. The number of rotatable bonds is 4. The number of hydrogen-bond acceptors (Lipinski definition) is 2. The Kier molecular flexibility index (Phi) is 6.18. The molecule has 0 spiro atoms. The van der Waals surface area contributed by atoms with E-state index >= 15 is 0 Å². The standard InChI is InChI=1S/C24H30N2O2/c1-16-9-10-19(4)20(12-16)13-23(27)25-22-8-6-5-7-21(22)24(28)26-14-17(2)11-18(3)15-26/h5-10,12,17-18H,11,13-15H2,1-4H3,(H,25,27). The van der Waals surface area contributed by atoms with Crippen molar-refractivity contribution >= 4 is 17.5 Å². The van der Waals surface area contributed by atoms with E-state index in [0.29, 0.717) is 29.5 Å². The maximum atomic E-state index is 13.1. The predicted molar refractivity (Wildman–Crippen MR) is 114 cm³/mol. The number of para-hydroxylation sites is 1. The number of carbonyl (C=O) groups is 2. The topological polar surface area (TPSA) is 49.4 Å². The molecule has 4 heteroatoms. The lowest BCUT2D eigenvalue weighted by atomic mass is 9.91. The molecule has 148 valence electrons. The lowest BCUT2D eigenvalue weighted by Crippen LogP contribution is -2.42. The minimum Gasteiger partial charge on any atom is -0.338 e. The van der Waals surface area contributed by atoms with Crippen LogP contribution in [-0.4, -0.2) is 29.8 Å². The van der Waals surface area contributed by atoms with Gasteiger partial charge in [-0.1, -0.05) is 49.7 Å². The van der Waals surface area contributed by atoms with Crippen LogP contribution < -0.4 is 5.32 Å². The Morgan fingerprint density at radius 2 is 1.71 bits per heavy atom. The van der Waals surface area contributed by atoms with Gasteiger partial charge in [0.2, 0.25) is 5.91 Å². The number of hydrogen-bond donors (Lipinski definition) is 1. The first-order valence-electron chi connectivity index (χ1n) is 10.1. The summed E-state index contributed by atoms with van der Waals surface area (Å²) in [6.07, 6.45) is 1.45. The van der Waals surface area contributed by atoms with Gasteiger partial charge in [0, 0.05) is 13.1 Å². The van der Waals surface area contributed by atoms with E-state index in [1.54, 1.807) is 6.07 Å². The zero-order valence-electron chi connectivity index (χ0n) is 17.3. The highest BCUT2D eigenvalue weighted by atomic mass is 16.2. The number of likely N-dealkylation sites (tertiary alicyclic amines) is 1. The maximum Gasteiger partial charge on any atom is 0.255 e. The number of anilines is 1. The van der Waals surface area contributed by atoms with Crippen LogP contribution in [0.3, 0.4) is 0 Å². The van der Waals surface area contributed by atoms with Gasteiger partial charge >= 0.3 is 0 Å². The summed E-state index contributed by atoms with van der Waals surface area (Å²) in [6.45, 7) is 9.96. The van der Waals surface area contributed by atoms with Gasteiger partial charge in [-0.25, -0.2) is 0 Å². The molecule has 0 radical (unpaired) electrons. The van der Waals surface area contributed by atoms with Crippen molar-refractivity contribution in [3.8, 4) is 0 Å². The van der Waals surface area contributed by atoms with Crippen LogP contribution in [-0.2, 0) is 11.2 Å². The Bertz CT molecular complexity index is 865. The van der Waals surface area contributed by atoms with Crippen molar-refractivity contribution in [3.63, 3.8) is 0 Å². The molecule has 2 amide bonds. The van der Waals surface area contributed by atoms with Crippen LogP contribution in [0.1, 0.15) is 47.3 Å². The van der Waals surface area contributed by atoms with Gasteiger partial charge in [-0.15, -0.1) is 0 Å². The summed E-state index contributed by atoms with van der Waals surface area (Å²) in [5, 5.41) is 2.96. The molecule has 2 unspecified atom stereocenters. The number of aryl methyl sites for hydroxylation is 2. The van der Waals surface area contributed by atoms with Gasteiger partial charge < -0.3 is 10.2 Å². The normalized spacial score (nSPS) is 19.4. The molecule has 0 saturated carbocycles. The molecular formula is C24H30N2O2. The number of amides is 2. The molecule has 0 aliphatic carbocycles. The summed E-state index contributed by atoms with van der Waals surface area (Å²) in [5.41, 5.74) is 4.41. The van der Waals surface area contributed by atoms with Crippen molar-refractivity contribution in [2.24, 2.45) is 11.8 Å². The van der Waals surface area contributed by atoms with Gasteiger partial charge in [0.15, 0.2) is 0 Å². The molecule has 0 aromatic heterocycles. The average molecular weight is 379 g/mol. The molecule has 2 atom stereocenters. The molecule has 1 aliphatic rings.